The van der Waals surface area contributed by atoms with Gasteiger partial charge in [-0.3, -0.25) is 4.79 Å². The summed E-state index contributed by atoms with van der Waals surface area (Å²) in [5.74, 6) is -0.0901. The summed E-state index contributed by atoms with van der Waals surface area (Å²) in [6.45, 7) is 4.50. The Hall–Kier alpha value is -1.31. The molecule has 0 aromatic heterocycles. The molecule has 0 rings (SSSR count). The number of rotatable bonds is 15. The minimum atomic E-state index is -0.0901. The van der Waals surface area contributed by atoms with Crippen LogP contribution in [0.25, 0.3) is 0 Å². The fourth-order valence-corrected chi connectivity index (χ4v) is 2.50. The molecule has 0 radical (unpaired) electrons. The van der Waals surface area contributed by atoms with E-state index in [1.165, 1.54) is 51.2 Å². The van der Waals surface area contributed by atoms with Gasteiger partial charge >= 0.3 is 5.97 Å². The topological polar surface area (TPSA) is 26.3 Å². The van der Waals surface area contributed by atoms with Gasteiger partial charge in [-0.25, -0.2) is 0 Å². The molecule has 0 heterocycles. The second-order valence-corrected chi connectivity index (χ2v) is 6.45. The van der Waals surface area contributed by atoms with Crippen LogP contribution in [0, 0.1) is 0 Å². The summed E-state index contributed by atoms with van der Waals surface area (Å²) in [6.07, 6.45) is 24.9. The molecule has 0 N–H and O–H groups in total. The van der Waals surface area contributed by atoms with E-state index < -0.39 is 0 Å². The molecular formula is C22H38O2. The molecule has 2 heteroatoms. The summed E-state index contributed by atoms with van der Waals surface area (Å²) in [6, 6.07) is 0. The van der Waals surface area contributed by atoms with E-state index in [-0.39, 0.29) is 5.97 Å². The Bertz CT molecular complexity index is 377. The number of allylic oxidation sites excluding steroid dienone is 6. The highest BCUT2D eigenvalue weighted by Crippen LogP contribution is 2.09. The lowest BCUT2D eigenvalue weighted by Gasteiger charge is -1.99. The number of esters is 1. The van der Waals surface area contributed by atoms with E-state index in [0.717, 1.165) is 32.1 Å². The van der Waals surface area contributed by atoms with Crippen LogP contribution in [-0.2, 0) is 9.53 Å². The summed E-state index contributed by atoms with van der Waals surface area (Å²) < 4.78 is 4.62. The number of methoxy groups -OCH3 is 1. The van der Waals surface area contributed by atoms with E-state index in [9.17, 15) is 4.79 Å². The first kappa shape index (κ1) is 22.7. The van der Waals surface area contributed by atoms with E-state index in [2.05, 4.69) is 49.0 Å². The van der Waals surface area contributed by atoms with Gasteiger partial charge in [0.2, 0.25) is 0 Å². The zero-order valence-electron chi connectivity index (χ0n) is 16.2. The fourth-order valence-electron chi connectivity index (χ4n) is 2.50. The number of unbranched alkanes of at least 4 members (excludes halogenated alkanes) is 6. The zero-order valence-corrected chi connectivity index (χ0v) is 16.2. The first-order chi connectivity index (χ1) is 11.7. The monoisotopic (exact) mass is 334 g/mol. The van der Waals surface area contributed by atoms with E-state index >= 15 is 0 Å². The second-order valence-electron chi connectivity index (χ2n) is 6.45. The Morgan fingerprint density at radius 3 is 2.25 bits per heavy atom. The maximum atomic E-state index is 10.9. The van der Waals surface area contributed by atoms with Crippen molar-refractivity contribution in [1.29, 1.82) is 0 Å². The molecule has 0 aromatic rings. The van der Waals surface area contributed by atoms with E-state index in [4.69, 9.17) is 0 Å². The Morgan fingerprint density at radius 2 is 1.50 bits per heavy atom. The summed E-state index contributed by atoms with van der Waals surface area (Å²) >= 11 is 0. The normalized spacial score (nSPS) is 12.4. The van der Waals surface area contributed by atoms with E-state index in [1.54, 1.807) is 0 Å². The smallest absolute Gasteiger partial charge is 0.305 e. The quantitative estimate of drug-likeness (QED) is 0.184. The summed E-state index contributed by atoms with van der Waals surface area (Å²) in [5.41, 5.74) is 1.52. The Labute approximate surface area is 150 Å². The van der Waals surface area contributed by atoms with Gasteiger partial charge in [-0.2, -0.15) is 0 Å². The summed E-state index contributed by atoms with van der Waals surface area (Å²) in [4.78, 5) is 10.9. The van der Waals surface area contributed by atoms with Crippen molar-refractivity contribution in [3.05, 3.63) is 36.0 Å². The van der Waals surface area contributed by atoms with Crippen molar-refractivity contribution >= 4 is 5.97 Å². The van der Waals surface area contributed by atoms with Crippen LogP contribution in [0.4, 0.5) is 0 Å². The van der Waals surface area contributed by atoms with Crippen molar-refractivity contribution in [3.8, 4) is 0 Å². The van der Waals surface area contributed by atoms with Crippen molar-refractivity contribution < 1.29 is 9.53 Å². The second kappa shape index (κ2) is 18.0. The van der Waals surface area contributed by atoms with Crippen LogP contribution in [0.15, 0.2) is 36.0 Å². The van der Waals surface area contributed by atoms with E-state index in [0.29, 0.717) is 6.42 Å². The van der Waals surface area contributed by atoms with Crippen LogP contribution in [0.3, 0.4) is 0 Å². The first-order valence-corrected chi connectivity index (χ1v) is 9.73. The number of carbonyl (C=O) groups is 1. The predicted octanol–water partition coefficient (Wildman–Crippen LogP) is 6.92. The lowest BCUT2D eigenvalue weighted by molar-refractivity contribution is -0.140. The van der Waals surface area contributed by atoms with Gasteiger partial charge in [0, 0.05) is 6.42 Å². The minimum absolute atomic E-state index is 0.0901. The standard InChI is InChI=1S/C22H38O2/c1-4-5-15-18-21(2)19-16-13-11-9-7-6-8-10-12-14-17-20-22(23)24-3/h6-7,11,13,19H,4-5,8-10,12,14-18,20H2,1-3H3/b7-6+,13-11+,21-19+. The van der Waals surface area contributed by atoms with Crippen molar-refractivity contribution in [1.82, 2.24) is 0 Å². The Balaban J connectivity index is 3.45. The number of carbonyl (C=O) groups excluding carboxylic acids is 1. The third-order valence-electron chi connectivity index (χ3n) is 4.11. The third-order valence-corrected chi connectivity index (χ3v) is 4.11. The van der Waals surface area contributed by atoms with Crippen LogP contribution in [0.2, 0.25) is 0 Å². The largest absolute Gasteiger partial charge is 0.469 e. The number of ether oxygens (including phenoxy) is 1. The Morgan fingerprint density at radius 1 is 0.833 bits per heavy atom. The van der Waals surface area contributed by atoms with Crippen LogP contribution >= 0.6 is 0 Å². The van der Waals surface area contributed by atoms with Crippen LogP contribution in [0.5, 0.6) is 0 Å². The molecule has 0 fully saturated rings. The van der Waals surface area contributed by atoms with Gasteiger partial charge in [0.15, 0.2) is 0 Å². The van der Waals surface area contributed by atoms with Gasteiger partial charge < -0.3 is 4.74 Å². The molecule has 0 aliphatic rings. The fraction of sp³-hybridized carbons (Fsp3) is 0.682. The average Bonchev–Trinajstić information content (AvgIpc) is 2.58. The molecule has 138 valence electrons. The molecule has 0 aliphatic carbocycles. The van der Waals surface area contributed by atoms with Crippen molar-refractivity contribution in [2.45, 2.75) is 90.9 Å². The van der Waals surface area contributed by atoms with Crippen molar-refractivity contribution in [3.63, 3.8) is 0 Å². The lowest BCUT2D eigenvalue weighted by atomic mass is 10.1. The molecule has 0 saturated heterocycles. The van der Waals surface area contributed by atoms with Crippen LogP contribution in [0.1, 0.15) is 90.9 Å². The molecular weight excluding hydrogens is 296 g/mol. The Kier molecular flexibility index (Phi) is 17.1. The minimum Gasteiger partial charge on any atom is -0.469 e. The SMILES string of the molecule is CCCCC/C(C)=C/C/C=C/C/C=C/CCCCCCC(=O)OC. The van der Waals surface area contributed by atoms with E-state index in [1.807, 2.05) is 0 Å². The molecule has 0 unspecified atom stereocenters. The highest BCUT2D eigenvalue weighted by Gasteiger charge is 1.98. The molecule has 2 nitrogen and oxygen atoms in total. The highest BCUT2D eigenvalue weighted by molar-refractivity contribution is 5.68. The predicted molar refractivity (Wildman–Crippen MR) is 105 cm³/mol. The molecule has 0 spiro atoms. The van der Waals surface area contributed by atoms with Gasteiger partial charge in [0.25, 0.3) is 0 Å². The molecule has 0 aromatic carbocycles. The third kappa shape index (κ3) is 17.1. The molecule has 0 bridgehead atoms. The number of hydrogen-bond acceptors (Lipinski definition) is 2. The first-order valence-electron chi connectivity index (χ1n) is 9.73. The van der Waals surface area contributed by atoms with Crippen molar-refractivity contribution in [2.24, 2.45) is 0 Å². The average molecular weight is 335 g/mol. The van der Waals surface area contributed by atoms with Gasteiger partial charge in [0.1, 0.15) is 0 Å². The number of hydrogen-bond donors (Lipinski definition) is 0. The summed E-state index contributed by atoms with van der Waals surface area (Å²) in [7, 11) is 1.45. The zero-order chi connectivity index (χ0) is 17.9. The maximum absolute atomic E-state index is 10.9. The van der Waals surface area contributed by atoms with Crippen LogP contribution in [-0.4, -0.2) is 13.1 Å². The van der Waals surface area contributed by atoms with Crippen LogP contribution < -0.4 is 0 Å². The molecule has 0 saturated carbocycles. The van der Waals surface area contributed by atoms with Crippen molar-refractivity contribution in [2.75, 3.05) is 7.11 Å². The van der Waals surface area contributed by atoms with Gasteiger partial charge in [-0.1, -0.05) is 68.6 Å². The molecule has 0 atom stereocenters. The summed E-state index contributed by atoms with van der Waals surface area (Å²) in [5, 5.41) is 0. The lowest BCUT2D eigenvalue weighted by Crippen LogP contribution is -1.98. The molecule has 0 aliphatic heterocycles. The molecule has 24 heavy (non-hydrogen) atoms. The maximum Gasteiger partial charge on any atom is 0.305 e. The highest BCUT2D eigenvalue weighted by atomic mass is 16.5. The van der Waals surface area contributed by atoms with Gasteiger partial charge in [-0.15, -0.1) is 0 Å². The van der Waals surface area contributed by atoms with Gasteiger partial charge in [0.05, 0.1) is 7.11 Å². The molecule has 0 amide bonds. The van der Waals surface area contributed by atoms with Gasteiger partial charge in [-0.05, 0) is 51.9 Å².